The number of amides is 2. The molecule has 1 unspecified atom stereocenters. The van der Waals surface area contributed by atoms with Crippen LogP contribution in [-0.4, -0.2) is 56.4 Å². The van der Waals surface area contributed by atoms with Crippen LogP contribution < -0.4 is 11.1 Å². The standard InChI is InChI=1S/C31H31F3N6O3/c1-3-39(4-2)19-23-21(12-8-14-24(23)31(32,33)34)25-15-17-40(38-25)29-22(13-9-16-36-29)30(43)37-26(27(41)28(35)42)18-20-10-6-5-7-11-20/h5-17,26H,3-4,18-19H2,1-2H3,(H2,35,42)(H,37,43). The average Bonchev–Trinajstić information content (AvgIpc) is 3.49. The number of alkyl halides is 3. The minimum absolute atomic E-state index is 0.0277. The van der Waals surface area contributed by atoms with E-state index in [1.165, 1.54) is 35.3 Å². The van der Waals surface area contributed by atoms with Crippen molar-refractivity contribution < 1.29 is 27.6 Å². The van der Waals surface area contributed by atoms with Crippen molar-refractivity contribution in [1.29, 1.82) is 0 Å². The zero-order chi connectivity index (χ0) is 31.1. The van der Waals surface area contributed by atoms with Gasteiger partial charge in [-0.2, -0.15) is 18.3 Å². The minimum Gasteiger partial charge on any atom is -0.363 e. The largest absolute Gasteiger partial charge is 0.416 e. The summed E-state index contributed by atoms with van der Waals surface area (Å²) in [6, 6.07) is 16.1. The molecule has 9 nitrogen and oxygen atoms in total. The molecule has 0 aliphatic carbocycles. The number of primary amides is 1. The number of pyridine rings is 1. The lowest BCUT2D eigenvalue weighted by atomic mass is 9.97. The van der Waals surface area contributed by atoms with E-state index in [0.717, 1.165) is 6.07 Å². The number of halogens is 3. The van der Waals surface area contributed by atoms with Gasteiger partial charge >= 0.3 is 6.18 Å². The fraction of sp³-hybridized carbons (Fsp3) is 0.258. The molecule has 0 aliphatic rings. The highest BCUT2D eigenvalue weighted by molar-refractivity contribution is 6.38. The smallest absolute Gasteiger partial charge is 0.363 e. The normalized spacial score (nSPS) is 12.2. The number of benzene rings is 2. The van der Waals surface area contributed by atoms with E-state index < -0.39 is 35.4 Å². The Balaban J connectivity index is 1.69. The number of aromatic nitrogens is 3. The van der Waals surface area contributed by atoms with Crippen LogP contribution in [0, 0.1) is 0 Å². The Labute approximate surface area is 246 Å². The molecule has 43 heavy (non-hydrogen) atoms. The van der Waals surface area contributed by atoms with Crippen LogP contribution in [0.1, 0.15) is 40.9 Å². The van der Waals surface area contributed by atoms with E-state index >= 15 is 0 Å². The van der Waals surface area contributed by atoms with E-state index in [1.54, 1.807) is 42.5 Å². The van der Waals surface area contributed by atoms with Gasteiger partial charge in [0.05, 0.1) is 16.8 Å². The summed E-state index contributed by atoms with van der Waals surface area (Å²) in [7, 11) is 0. The number of nitrogens with two attached hydrogens (primary N) is 1. The molecule has 0 fully saturated rings. The molecular formula is C31H31F3N6O3. The lowest BCUT2D eigenvalue weighted by Gasteiger charge is -2.23. The number of carbonyl (C=O) groups excluding carboxylic acids is 3. The highest BCUT2D eigenvalue weighted by Crippen LogP contribution is 2.37. The molecule has 12 heteroatoms. The van der Waals surface area contributed by atoms with Gasteiger partial charge in [-0.25, -0.2) is 9.67 Å². The van der Waals surface area contributed by atoms with Crippen molar-refractivity contribution in [2.75, 3.05) is 13.1 Å². The van der Waals surface area contributed by atoms with Gasteiger partial charge in [-0.15, -0.1) is 0 Å². The number of nitrogens with one attached hydrogen (secondary N) is 1. The third kappa shape index (κ3) is 7.33. The predicted octanol–water partition coefficient (Wildman–Crippen LogP) is 4.19. The zero-order valence-electron chi connectivity index (χ0n) is 23.6. The molecule has 0 saturated heterocycles. The molecule has 0 bridgehead atoms. The third-order valence-corrected chi connectivity index (χ3v) is 7.02. The minimum atomic E-state index is -4.56. The Morgan fingerprint density at radius 3 is 2.35 bits per heavy atom. The fourth-order valence-corrected chi connectivity index (χ4v) is 4.74. The molecule has 2 heterocycles. The van der Waals surface area contributed by atoms with E-state index in [1.807, 2.05) is 18.7 Å². The molecular weight excluding hydrogens is 561 g/mol. The van der Waals surface area contributed by atoms with Gasteiger partial charge in [-0.3, -0.25) is 19.3 Å². The highest BCUT2D eigenvalue weighted by Gasteiger charge is 2.35. The molecule has 224 valence electrons. The van der Waals surface area contributed by atoms with E-state index in [-0.39, 0.29) is 35.6 Å². The molecule has 0 radical (unpaired) electrons. The van der Waals surface area contributed by atoms with Gasteiger partial charge in [0.1, 0.15) is 6.04 Å². The van der Waals surface area contributed by atoms with Crippen LogP contribution in [0.15, 0.2) is 79.1 Å². The van der Waals surface area contributed by atoms with Crippen molar-refractivity contribution in [3.63, 3.8) is 0 Å². The molecule has 4 rings (SSSR count). The molecule has 2 aromatic heterocycles. The maximum absolute atomic E-state index is 14.0. The maximum Gasteiger partial charge on any atom is 0.416 e. The summed E-state index contributed by atoms with van der Waals surface area (Å²) in [5.74, 6) is -2.79. The third-order valence-electron chi connectivity index (χ3n) is 7.02. The zero-order valence-corrected chi connectivity index (χ0v) is 23.6. The van der Waals surface area contributed by atoms with Crippen LogP contribution in [-0.2, 0) is 28.7 Å². The molecule has 1 atom stereocenters. The number of hydrogen-bond acceptors (Lipinski definition) is 6. The lowest BCUT2D eigenvalue weighted by Crippen LogP contribution is -2.47. The molecule has 2 aromatic carbocycles. The number of carbonyl (C=O) groups is 3. The summed E-state index contributed by atoms with van der Waals surface area (Å²) in [6.45, 7) is 4.95. The molecule has 4 aromatic rings. The van der Waals surface area contributed by atoms with E-state index in [0.29, 0.717) is 24.2 Å². The van der Waals surface area contributed by atoms with Crippen molar-refractivity contribution in [3.8, 4) is 17.1 Å². The fourth-order valence-electron chi connectivity index (χ4n) is 4.74. The Hall–Kier alpha value is -4.84. The molecule has 0 saturated carbocycles. The predicted molar refractivity (Wildman–Crippen MR) is 154 cm³/mol. The Morgan fingerprint density at radius 1 is 0.977 bits per heavy atom. The quantitative estimate of drug-likeness (QED) is 0.238. The van der Waals surface area contributed by atoms with E-state index in [9.17, 15) is 27.6 Å². The SMILES string of the molecule is CCN(CC)Cc1c(-c2ccn(-c3ncccc3C(=O)NC(Cc3ccccc3)C(=O)C(N)=O)n2)cccc1C(F)(F)F. The second kappa shape index (κ2) is 13.4. The van der Waals surface area contributed by atoms with Gasteiger partial charge in [0.25, 0.3) is 11.8 Å². The molecule has 0 aliphatic heterocycles. The van der Waals surface area contributed by atoms with Crippen molar-refractivity contribution in [3.05, 3.63) is 101 Å². The van der Waals surface area contributed by atoms with E-state index in [4.69, 9.17) is 5.73 Å². The molecule has 2 amide bonds. The summed E-state index contributed by atoms with van der Waals surface area (Å²) in [4.78, 5) is 43.9. The van der Waals surface area contributed by atoms with Gasteiger partial charge in [-0.1, -0.05) is 56.3 Å². The highest BCUT2D eigenvalue weighted by atomic mass is 19.4. The van der Waals surface area contributed by atoms with Crippen LogP contribution in [0.5, 0.6) is 0 Å². The first kappa shape index (κ1) is 31.1. The Morgan fingerprint density at radius 2 is 1.70 bits per heavy atom. The van der Waals surface area contributed by atoms with Crippen LogP contribution >= 0.6 is 0 Å². The Bertz CT molecular complexity index is 1600. The average molecular weight is 593 g/mol. The summed E-state index contributed by atoms with van der Waals surface area (Å²) < 4.78 is 43.3. The van der Waals surface area contributed by atoms with Crippen LogP contribution in [0.3, 0.4) is 0 Å². The van der Waals surface area contributed by atoms with Crippen LogP contribution in [0.2, 0.25) is 0 Å². The molecule has 3 N–H and O–H groups in total. The summed E-state index contributed by atoms with van der Waals surface area (Å²) >= 11 is 0. The Kier molecular flexibility index (Phi) is 9.71. The van der Waals surface area contributed by atoms with Crippen LogP contribution in [0.4, 0.5) is 13.2 Å². The van der Waals surface area contributed by atoms with Gasteiger partial charge < -0.3 is 11.1 Å². The maximum atomic E-state index is 14.0. The van der Waals surface area contributed by atoms with E-state index in [2.05, 4.69) is 15.4 Å². The topological polar surface area (TPSA) is 123 Å². The number of nitrogens with zero attached hydrogens (tertiary/aromatic N) is 4. The summed E-state index contributed by atoms with van der Waals surface area (Å²) in [5, 5.41) is 7.07. The number of Topliss-reactive ketones (excluding diaryl/α,β-unsaturated/α-hetero) is 1. The number of rotatable bonds is 12. The summed E-state index contributed by atoms with van der Waals surface area (Å²) in [6.07, 6.45) is -1.61. The van der Waals surface area contributed by atoms with Gasteiger partial charge in [-0.05, 0) is 48.5 Å². The van der Waals surface area contributed by atoms with Gasteiger partial charge in [0.15, 0.2) is 5.82 Å². The number of hydrogen-bond donors (Lipinski definition) is 2. The van der Waals surface area contributed by atoms with Gasteiger partial charge in [0, 0.05) is 30.9 Å². The van der Waals surface area contributed by atoms with Gasteiger partial charge in [0.2, 0.25) is 5.78 Å². The first-order valence-corrected chi connectivity index (χ1v) is 13.6. The first-order valence-electron chi connectivity index (χ1n) is 13.6. The summed E-state index contributed by atoms with van der Waals surface area (Å²) in [5.41, 5.74) is 5.89. The first-order chi connectivity index (χ1) is 20.5. The second-order valence-electron chi connectivity index (χ2n) is 9.76. The van der Waals surface area contributed by atoms with Crippen molar-refractivity contribution in [1.82, 2.24) is 25.0 Å². The monoisotopic (exact) mass is 592 g/mol. The van der Waals surface area contributed by atoms with Crippen LogP contribution in [0.25, 0.3) is 17.1 Å². The van der Waals surface area contributed by atoms with Crippen molar-refractivity contribution in [2.24, 2.45) is 5.73 Å². The molecule has 0 spiro atoms. The number of ketones is 1. The van der Waals surface area contributed by atoms with Crippen molar-refractivity contribution in [2.45, 2.75) is 39.0 Å². The van der Waals surface area contributed by atoms with Crippen molar-refractivity contribution >= 4 is 17.6 Å². The second-order valence-corrected chi connectivity index (χ2v) is 9.76. The lowest BCUT2D eigenvalue weighted by molar-refractivity contribution is -0.138.